The number of rotatable bonds is 4. The van der Waals surface area contributed by atoms with Gasteiger partial charge >= 0.3 is 0 Å². The standard InChI is InChI=1S/C8H20NO2P/c1-6-9(7-2)12(10)11-8(3,4)5/h10H,6-7H2,1-5H3. The summed E-state index contributed by atoms with van der Waals surface area (Å²) < 4.78 is 7.35. The molecule has 4 heteroatoms. The second-order valence-corrected chi connectivity index (χ2v) is 4.85. The molecule has 0 saturated heterocycles. The zero-order valence-corrected chi connectivity index (χ0v) is 9.56. The molecule has 0 saturated carbocycles. The van der Waals surface area contributed by atoms with E-state index in [2.05, 4.69) is 0 Å². The Bertz CT molecular complexity index is 121. The highest BCUT2D eigenvalue weighted by molar-refractivity contribution is 7.43. The summed E-state index contributed by atoms with van der Waals surface area (Å²) in [6.07, 6.45) is 0. The van der Waals surface area contributed by atoms with Gasteiger partial charge in [-0.3, -0.25) is 0 Å². The summed E-state index contributed by atoms with van der Waals surface area (Å²) in [4.78, 5) is 9.61. The zero-order valence-electron chi connectivity index (χ0n) is 8.66. The Morgan fingerprint density at radius 3 is 1.92 bits per heavy atom. The third-order valence-electron chi connectivity index (χ3n) is 1.33. The van der Waals surface area contributed by atoms with E-state index in [1.807, 2.05) is 39.3 Å². The quantitative estimate of drug-likeness (QED) is 0.696. The summed E-state index contributed by atoms with van der Waals surface area (Å²) in [7, 11) is -1.40. The van der Waals surface area contributed by atoms with Gasteiger partial charge < -0.3 is 9.42 Å². The smallest absolute Gasteiger partial charge is 0.256 e. The average Bonchev–Trinajstić information content (AvgIpc) is 1.85. The summed E-state index contributed by atoms with van der Waals surface area (Å²) >= 11 is 0. The molecule has 0 aromatic carbocycles. The first-order chi connectivity index (χ1) is 5.40. The molecule has 0 aromatic heterocycles. The first-order valence-electron chi connectivity index (χ1n) is 4.33. The van der Waals surface area contributed by atoms with E-state index >= 15 is 0 Å². The third kappa shape index (κ3) is 5.04. The van der Waals surface area contributed by atoms with Gasteiger partial charge in [0.05, 0.1) is 5.60 Å². The minimum Gasteiger partial charge on any atom is -0.338 e. The molecule has 0 aliphatic rings. The van der Waals surface area contributed by atoms with Crippen molar-refractivity contribution in [2.45, 2.75) is 40.2 Å². The van der Waals surface area contributed by atoms with E-state index in [1.165, 1.54) is 0 Å². The Morgan fingerprint density at radius 1 is 1.25 bits per heavy atom. The van der Waals surface area contributed by atoms with Crippen LogP contribution in [0, 0.1) is 0 Å². The Labute approximate surface area is 76.7 Å². The molecule has 0 spiro atoms. The van der Waals surface area contributed by atoms with Crippen molar-refractivity contribution in [2.24, 2.45) is 0 Å². The molecule has 1 N–H and O–H groups in total. The van der Waals surface area contributed by atoms with Crippen molar-refractivity contribution in [1.29, 1.82) is 0 Å². The van der Waals surface area contributed by atoms with Crippen LogP contribution in [0.4, 0.5) is 0 Å². The lowest BCUT2D eigenvalue weighted by Gasteiger charge is -2.29. The fourth-order valence-corrected chi connectivity index (χ4v) is 1.86. The van der Waals surface area contributed by atoms with Crippen molar-refractivity contribution in [3.05, 3.63) is 0 Å². The monoisotopic (exact) mass is 193 g/mol. The Hall–Kier alpha value is 0.310. The average molecular weight is 193 g/mol. The Kier molecular flexibility index (Phi) is 5.26. The molecule has 3 nitrogen and oxygen atoms in total. The molecule has 12 heavy (non-hydrogen) atoms. The lowest BCUT2D eigenvalue weighted by atomic mass is 10.2. The van der Waals surface area contributed by atoms with Gasteiger partial charge in [0.15, 0.2) is 0 Å². The second-order valence-electron chi connectivity index (χ2n) is 3.60. The lowest BCUT2D eigenvalue weighted by Crippen LogP contribution is -2.24. The SMILES string of the molecule is CCN(CC)P(O)OC(C)(C)C. The minimum atomic E-state index is -1.40. The van der Waals surface area contributed by atoms with Crippen molar-refractivity contribution in [2.75, 3.05) is 13.1 Å². The maximum Gasteiger partial charge on any atom is 0.256 e. The lowest BCUT2D eigenvalue weighted by molar-refractivity contribution is 0.114. The van der Waals surface area contributed by atoms with Crippen molar-refractivity contribution >= 4 is 8.53 Å². The normalized spacial score (nSPS) is 15.2. The minimum absolute atomic E-state index is 0.261. The van der Waals surface area contributed by atoms with Gasteiger partial charge in [0.1, 0.15) is 0 Å². The van der Waals surface area contributed by atoms with Gasteiger partial charge in [0.25, 0.3) is 8.53 Å². The van der Waals surface area contributed by atoms with Crippen LogP contribution in [0.2, 0.25) is 0 Å². The number of nitrogens with zero attached hydrogens (tertiary/aromatic N) is 1. The van der Waals surface area contributed by atoms with E-state index in [0.717, 1.165) is 13.1 Å². The van der Waals surface area contributed by atoms with Crippen LogP contribution < -0.4 is 0 Å². The van der Waals surface area contributed by atoms with E-state index in [0.29, 0.717) is 0 Å². The molecule has 0 aliphatic heterocycles. The largest absolute Gasteiger partial charge is 0.338 e. The van der Waals surface area contributed by atoms with Crippen LogP contribution >= 0.6 is 8.53 Å². The van der Waals surface area contributed by atoms with Gasteiger partial charge in [0, 0.05) is 13.1 Å². The van der Waals surface area contributed by atoms with Crippen molar-refractivity contribution < 1.29 is 9.42 Å². The van der Waals surface area contributed by atoms with Crippen LogP contribution in [0.25, 0.3) is 0 Å². The predicted molar refractivity (Wildman–Crippen MR) is 52.9 cm³/mol. The molecular formula is C8H20NO2P. The summed E-state index contributed by atoms with van der Waals surface area (Å²) in [5.41, 5.74) is -0.261. The zero-order chi connectivity index (χ0) is 9.78. The first-order valence-corrected chi connectivity index (χ1v) is 5.50. The van der Waals surface area contributed by atoms with Crippen molar-refractivity contribution in [3.63, 3.8) is 0 Å². The highest BCUT2D eigenvalue weighted by atomic mass is 31.2. The highest BCUT2D eigenvalue weighted by Gasteiger charge is 2.21. The van der Waals surface area contributed by atoms with Crippen molar-refractivity contribution in [3.8, 4) is 0 Å². The summed E-state index contributed by atoms with van der Waals surface area (Å²) in [5, 5.41) is 0. The van der Waals surface area contributed by atoms with Crippen LogP contribution in [-0.2, 0) is 4.52 Å². The Balaban J connectivity index is 3.92. The molecule has 0 aromatic rings. The fourth-order valence-electron chi connectivity index (χ4n) is 0.768. The molecule has 0 fully saturated rings. The molecule has 0 bridgehead atoms. The fraction of sp³-hybridized carbons (Fsp3) is 1.00. The molecule has 0 amide bonds. The van der Waals surface area contributed by atoms with Gasteiger partial charge in [-0.25, -0.2) is 4.67 Å². The van der Waals surface area contributed by atoms with Crippen LogP contribution in [0.5, 0.6) is 0 Å². The Morgan fingerprint density at radius 2 is 1.67 bits per heavy atom. The molecule has 0 heterocycles. The summed E-state index contributed by atoms with van der Waals surface area (Å²) in [6, 6.07) is 0. The van der Waals surface area contributed by atoms with E-state index in [9.17, 15) is 4.89 Å². The van der Waals surface area contributed by atoms with Gasteiger partial charge in [-0.05, 0) is 20.8 Å². The van der Waals surface area contributed by atoms with Crippen molar-refractivity contribution in [1.82, 2.24) is 4.67 Å². The van der Waals surface area contributed by atoms with Gasteiger partial charge in [0.2, 0.25) is 0 Å². The molecule has 0 rings (SSSR count). The first kappa shape index (κ1) is 12.3. The van der Waals surface area contributed by atoms with Crippen LogP contribution in [0.15, 0.2) is 0 Å². The van der Waals surface area contributed by atoms with Crippen LogP contribution in [-0.4, -0.2) is 28.3 Å². The van der Waals surface area contributed by atoms with Crippen LogP contribution in [0.1, 0.15) is 34.6 Å². The van der Waals surface area contributed by atoms with Gasteiger partial charge in [-0.15, -0.1) is 0 Å². The van der Waals surface area contributed by atoms with E-state index in [1.54, 1.807) is 0 Å². The maximum atomic E-state index is 9.61. The van der Waals surface area contributed by atoms with Gasteiger partial charge in [-0.1, -0.05) is 13.8 Å². The summed E-state index contributed by atoms with van der Waals surface area (Å²) in [6.45, 7) is 11.5. The van der Waals surface area contributed by atoms with Gasteiger partial charge in [-0.2, -0.15) is 0 Å². The third-order valence-corrected chi connectivity index (χ3v) is 3.09. The number of hydrogen-bond donors (Lipinski definition) is 1. The predicted octanol–water partition coefficient (Wildman–Crippen LogP) is 2.36. The maximum absolute atomic E-state index is 9.61. The van der Waals surface area contributed by atoms with E-state index in [4.69, 9.17) is 4.52 Å². The number of hydrogen-bond acceptors (Lipinski definition) is 3. The molecule has 74 valence electrons. The van der Waals surface area contributed by atoms with E-state index < -0.39 is 8.53 Å². The molecule has 1 atom stereocenters. The topological polar surface area (TPSA) is 32.7 Å². The molecule has 1 unspecified atom stereocenters. The molecule has 0 aliphatic carbocycles. The molecule has 0 radical (unpaired) electrons. The second kappa shape index (κ2) is 5.13. The van der Waals surface area contributed by atoms with Crippen LogP contribution in [0.3, 0.4) is 0 Å². The summed E-state index contributed by atoms with van der Waals surface area (Å²) in [5.74, 6) is 0. The molecular weight excluding hydrogens is 173 g/mol. The van der Waals surface area contributed by atoms with E-state index in [-0.39, 0.29) is 5.60 Å². The highest BCUT2D eigenvalue weighted by Crippen LogP contribution is 2.40.